The van der Waals surface area contributed by atoms with Crippen molar-refractivity contribution in [3.63, 3.8) is 0 Å². The Morgan fingerprint density at radius 1 is 0.254 bits per heavy atom. The van der Waals surface area contributed by atoms with Gasteiger partial charge in [0.1, 0.15) is 16.7 Å². The molecule has 0 bridgehead atoms. The Morgan fingerprint density at radius 2 is 0.746 bits per heavy atom. The molecule has 0 amide bonds. The van der Waals surface area contributed by atoms with Crippen molar-refractivity contribution in [2.75, 3.05) is 4.90 Å². The van der Waals surface area contributed by atoms with Crippen molar-refractivity contribution in [3.8, 4) is 55.6 Å². The quantitative estimate of drug-likeness (QED) is 0.153. The highest BCUT2D eigenvalue weighted by molar-refractivity contribution is 6.12. The van der Waals surface area contributed by atoms with Crippen molar-refractivity contribution in [1.29, 1.82) is 0 Å². The first-order valence-corrected chi connectivity index (χ1v) is 21.4. The molecule has 12 rings (SSSR count). The monoisotopic (exact) mass is 805 g/mol. The Kier molecular flexibility index (Phi) is 8.83. The summed E-state index contributed by atoms with van der Waals surface area (Å²) in [6, 6.07) is 84.1. The molecule has 0 aliphatic heterocycles. The molecule has 0 radical (unpaired) electrons. The van der Waals surface area contributed by atoms with Gasteiger partial charge >= 0.3 is 0 Å². The molecule has 0 saturated heterocycles. The maximum Gasteiger partial charge on any atom is 0.159 e. The second-order valence-corrected chi connectivity index (χ2v) is 16.0. The van der Waals surface area contributed by atoms with Gasteiger partial charge in [-0.2, -0.15) is 0 Å². The fourth-order valence-corrected chi connectivity index (χ4v) is 9.40. The number of furan rings is 2. The molecule has 0 aliphatic carbocycles. The van der Waals surface area contributed by atoms with Crippen LogP contribution in [0.1, 0.15) is 0 Å². The minimum Gasteiger partial charge on any atom is -0.455 e. The van der Waals surface area contributed by atoms with E-state index in [0.717, 1.165) is 94.3 Å². The molecule has 0 unspecified atom stereocenters. The summed E-state index contributed by atoms with van der Waals surface area (Å²) in [7, 11) is 0. The molecule has 296 valence electrons. The van der Waals surface area contributed by atoms with Gasteiger partial charge in [-0.1, -0.05) is 194 Å². The average molecular weight is 806 g/mol. The van der Waals surface area contributed by atoms with Crippen molar-refractivity contribution in [3.05, 3.63) is 237 Å². The van der Waals surface area contributed by atoms with E-state index in [9.17, 15) is 0 Å². The minimum absolute atomic E-state index is 0.828. The van der Waals surface area contributed by atoms with Crippen LogP contribution in [-0.4, -0.2) is 0 Å². The van der Waals surface area contributed by atoms with Crippen LogP contribution in [0.3, 0.4) is 0 Å². The molecule has 63 heavy (non-hydrogen) atoms. The number of rotatable bonds is 8. The lowest BCUT2D eigenvalue weighted by atomic mass is 9.87. The first-order chi connectivity index (χ1) is 31.3. The zero-order chi connectivity index (χ0) is 41.7. The second-order valence-electron chi connectivity index (χ2n) is 16.0. The van der Waals surface area contributed by atoms with Crippen molar-refractivity contribution < 1.29 is 8.83 Å². The lowest BCUT2D eigenvalue weighted by molar-refractivity contribution is 0.669. The van der Waals surface area contributed by atoms with E-state index in [1.54, 1.807) is 0 Å². The van der Waals surface area contributed by atoms with Crippen LogP contribution >= 0.6 is 0 Å². The zero-order valence-corrected chi connectivity index (χ0v) is 34.3. The van der Waals surface area contributed by atoms with Crippen LogP contribution in [0.5, 0.6) is 0 Å². The molecule has 3 heteroatoms. The molecule has 0 spiro atoms. The van der Waals surface area contributed by atoms with Crippen LogP contribution in [0.2, 0.25) is 0 Å². The maximum atomic E-state index is 6.81. The van der Waals surface area contributed by atoms with Gasteiger partial charge in [-0.25, -0.2) is 0 Å². The zero-order valence-electron chi connectivity index (χ0n) is 34.3. The number of hydrogen-bond donors (Lipinski definition) is 0. The molecule has 12 aromatic rings. The van der Waals surface area contributed by atoms with Gasteiger partial charge in [0.15, 0.2) is 5.58 Å². The van der Waals surface area contributed by atoms with Gasteiger partial charge in [0.05, 0.1) is 11.4 Å². The first-order valence-electron chi connectivity index (χ1n) is 21.4. The first kappa shape index (κ1) is 36.5. The Balaban J connectivity index is 1.09. The summed E-state index contributed by atoms with van der Waals surface area (Å²) in [6.45, 7) is 0. The summed E-state index contributed by atoms with van der Waals surface area (Å²) in [5, 5.41) is 4.37. The van der Waals surface area contributed by atoms with Crippen LogP contribution in [0.4, 0.5) is 17.1 Å². The predicted molar refractivity (Wildman–Crippen MR) is 263 cm³/mol. The largest absolute Gasteiger partial charge is 0.455 e. The predicted octanol–water partition coefficient (Wildman–Crippen LogP) is 17.3. The van der Waals surface area contributed by atoms with E-state index in [1.165, 1.54) is 22.3 Å². The second kappa shape index (κ2) is 15.3. The van der Waals surface area contributed by atoms with Crippen molar-refractivity contribution >= 4 is 60.9 Å². The van der Waals surface area contributed by atoms with Gasteiger partial charge in [0.25, 0.3) is 0 Å². The third kappa shape index (κ3) is 6.29. The molecule has 0 N–H and O–H groups in total. The van der Waals surface area contributed by atoms with E-state index in [2.05, 4.69) is 223 Å². The highest BCUT2D eigenvalue weighted by Gasteiger charge is 2.24. The van der Waals surface area contributed by atoms with E-state index < -0.39 is 0 Å². The van der Waals surface area contributed by atoms with Crippen LogP contribution in [-0.2, 0) is 0 Å². The number of para-hydroxylation sites is 5. The van der Waals surface area contributed by atoms with E-state index in [0.29, 0.717) is 0 Å². The molecular formula is C60H39NO2. The van der Waals surface area contributed by atoms with Crippen molar-refractivity contribution in [1.82, 2.24) is 0 Å². The third-order valence-electron chi connectivity index (χ3n) is 12.3. The standard InChI is InChI=1S/C60H39NO2/c1-3-18-40(19-4-1)42-36-37-48(54(39-42)41-20-5-2-6-21-41)46-24-7-8-25-47(46)49-26-9-12-32-55(49)61(56-33-17-31-53-51-28-11-14-35-58(51)63-60(53)56)44-23-15-22-43(38-44)45-29-16-30-52-50-27-10-13-34-57(50)62-59(45)52/h1-39H. The summed E-state index contributed by atoms with van der Waals surface area (Å²) >= 11 is 0. The molecule has 2 aromatic heterocycles. The Morgan fingerprint density at radius 3 is 1.49 bits per heavy atom. The average Bonchev–Trinajstić information content (AvgIpc) is 3.94. The summed E-state index contributed by atoms with van der Waals surface area (Å²) in [5.41, 5.74) is 17.8. The SMILES string of the molecule is c1ccc(-c2ccc(-c3ccccc3-c3ccccc3N(c3cccc(-c4cccc5c4oc4ccccc45)c3)c3cccc4c3oc3ccccc34)c(-c3ccccc3)c2)cc1. The smallest absolute Gasteiger partial charge is 0.159 e. The number of nitrogens with zero attached hydrogens (tertiary/aromatic N) is 1. The Bertz CT molecular complexity index is 3640. The van der Waals surface area contributed by atoms with Gasteiger partial charge in [0, 0.05) is 38.4 Å². The Labute approximate surface area is 365 Å². The molecule has 0 saturated carbocycles. The number of benzene rings is 10. The van der Waals surface area contributed by atoms with E-state index in [-0.39, 0.29) is 0 Å². The van der Waals surface area contributed by atoms with Crippen LogP contribution in [0.15, 0.2) is 245 Å². The molecule has 10 aromatic carbocycles. The van der Waals surface area contributed by atoms with Crippen molar-refractivity contribution in [2.45, 2.75) is 0 Å². The molecule has 0 aliphatic rings. The van der Waals surface area contributed by atoms with E-state index in [4.69, 9.17) is 8.83 Å². The summed E-state index contributed by atoms with van der Waals surface area (Å²) in [5.74, 6) is 0. The van der Waals surface area contributed by atoms with Gasteiger partial charge in [0.2, 0.25) is 0 Å². The number of anilines is 3. The minimum atomic E-state index is 0.828. The maximum absolute atomic E-state index is 6.81. The highest BCUT2D eigenvalue weighted by atomic mass is 16.3. The highest BCUT2D eigenvalue weighted by Crippen LogP contribution is 2.49. The lowest BCUT2D eigenvalue weighted by Gasteiger charge is -2.29. The topological polar surface area (TPSA) is 29.5 Å². The molecule has 2 heterocycles. The van der Waals surface area contributed by atoms with Gasteiger partial charge in [-0.05, 0) is 87.0 Å². The summed E-state index contributed by atoms with van der Waals surface area (Å²) in [6.07, 6.45) is 0. The van der Waals surface area contributed by atoms with Crippen molar-refractivity contribution in [2.24, 2.45) is 0 Å². The van der Waals surface area contributed by atoms with E-state index >= 15 is 0 Å². The number of hydrogen-bond acceptors (Lipinski definition) is 3. The third-order valence-corrected chi connectivity index (χ3v) is 12.3. The number of fused-ring (bicyclic) bond motifs is 6. The summed E-state index contributed by atoms with van der Waals surface area (Å²) in [4.78, 5) is 2.37. The Hall–Kier alpha value is -8.40. The van der Waals surface area contributed by atoms with E-state index in [1.807, 2.05) is 18.2 Å². The lowest BCUT2D eigenvalue weighted by Crippen LogP contribution is -2.12. The van der Waals surface area contributed by atoms with Gasteiger partial charge in [-0.3, -0.25) is 0 Å². The van der Waals surface area contributed by atoms with Gasteiger partial charge < -0.3 is 13.7 Å². The fraction of sp³-hybridized carbons (Fsp3) is 0. The summed E-state index contributed by atoms with van der Waals surface area (Å²) < 4.78 is 13.4. The van der Waals surface area contributed by atoms with Gasteiger partial charge in [-0.15, -0.1) is 0 Å². The molecule has 3 nitrogen and oxygen atoms in total. The fourth-order valence-electron chi connectivity index (χ4n) is 9.40. The van der Waals surface area contributed by atoms with Crippen LogP contribution in [0.25, 0.3) is 99.5 Å². The molecule has 0 fully saturated rings. The molecule has 0 atom stereocenters. The molecular weight excluding hydrogens is 767 g/mol. The van der Waals surface area contributed by atoms with Crippen LogP contribution < -0.4 is 4.90 Å². The normalized spacial score (nSPS) is 11.5. The van der Waals surface area contributed by atoms with Crippen LogP contribution in [0, 0.1) is 0 Å².